The molecule has 0 bridgehead atoms. The van der Waals surface area contributed by atoms with Crippen molar-refractivity contribution in [3.8, 4) is 0 Å². The molecular weight excluding hydrogens is 216 g/mol. The van der Waals surface area contributed by atoms with Crippen molar-refractivity contribution in [3.05, 3.63) is 23.8 Å². The Morgan fingerprint density at radius 1 is 1.53 bits per heavy atom. The highest BCUT2D eigenvalue weighted by atomic mass is 16.3. The lowest BCUT2D eigenvalue weighted by Gasteiger charge is -2.21. The molecule has 1 aliphatic heterocycles. The van der Waals surface area contributed by atoms with Gasteiger partial charge in [-0.2, -0.15) is 0 Å². The molecule has 1 atom stereocenters. The van der Waals surface area contributed by atoms with E-state index in [4.69, 9.17) is 5.73 Å². The molecule has 3 N–H and O–H groups in total. The molecule has 2 rings (SSSR count). The topological polar surface area (TPSA) is 66.6 Å². The number of carbonyl (C=O) groups is 1. The molecule has 1 aromatic carbocycles. The number of β-amino-alcohol motifs (C(OH)–C–C–N with tert-alkyl or cyclic N) is 1. The second kappa shape index (κ2) is 4.04. The van der Waals surface area contributed by atoms with Gasteiger partial charge in [-0.25, -0.2) is 0 Å². The zero-order chi connectivity index (χ0) is 12.6. The van der Waals surface area contributed by atoms with Crippen molar-refractivity contribution in [1.29, 1.82) is 0 Å². The summed E-state index contributed by atoms with van der Waals surface area (Å²) >= 11 is 0. The van der Waals surface area contributed by atoms with Gasteiger partial charge in [0.2, 0.25) is 0 Å². The number of benzene rings is 1. The fourth-order valence-corrected chi connectivity index (χ4v) is 2.21. The Morgan fingerprint density at radius 3 is 2.76 bits per heavy atom. The normalized spacial score (nSPS) is 24.1. The summed E-state index contributed by atoms with van der Waals surface area (Å²) in [6, 6.07) is 5.45. The molecule has 0 aromatic heterocycles. The second-order valence-electron chi connectivity index (χ2n) is 5.00. The Balaban J connectivity index is 2.29. The molecule has 17 heavy (non-hydrogen) atoms. The standard InChI is InChI=1S/C13H18N2O2/c1-9(16)11-7-10(3-4-12(11)14)15-6-5-13(2,17)8-15/h3-4,7,17H,5-6,8,14H2,1-2H3. The number of aliphatic hydroxyl groups is 1. The van der Waals surface area contributed by atoms with Crippen molar-refractivity contribution in [2.45, 2.75) is 25.9 Å². The van der Waals surface area contributed by atoms with Gasteiger partial charge in [-0.05, 0) is 38.5 Å². The van der Waals surface area contributed by atoms with E-state index in [1.807, 2.05) is 13.0 Å². The van der Waals surface area contributed by atoms with E-state index in [1.165, 1.54) is 6.92 Å². The molecule has 1 aromatic rings. The van der Waals surface area contributed by atoms with Crippen LogP contribution in [0.1, 0.15) is 30.6 Å². The summed E-state index contributed by atoms with van der Waals surface area (Å²) in [5, 5.41) is 9.93. The van der Waals surface area contributed by atoms with Crippen LogP contribution in [0.25, 0.3) is 0 Å². The first kappa shape index (κ1) is 11.9. The lowest BCUT2D eigenvalue weighted by Crippen LogP contribution is -2.29. The number of Topliss-reactive ketones (excluding diaryl/α,β-unsaturated/α-hetero) is 1. The Bertz CT molecular complexity index is 455. The monoisotopic (exact) mass is 234 g/mol. The van der Waals surface area contributed by atoms with E-state index in [0.717, 1.165) is 18.7 Å². The van der Waals surface area contributed by atoms with E-state index in [2.05, 4.69) is 4.90 Å². The molecule has 0 amide bonds. The quantitative estimate of drug-likeness (QED) is 0.600. The van der Waals surface area contributed by atoms with E-state index in [0.29, 0.717) is 17.8 Å². The molecule has 1 fully saturated rings. The molecule has 1 saturated heterocycles. The molecule has 0 aliphatic carbocycles. The molecule has 0 radical (unpaired) electrons. The van der Waals surface area contributed by atoms with Crippen molar-refractivity contribution in [1.82, 2.24) is 0 Å². The molecule has 1 unspecified atom stereocenters. The minimum Gasteiger partial charge on any atom is -0.398 e. The minimum atomic E-state index is -0.641. The van der Waals surface area contributed by atoms with Crippen molar-refractivity contribution in [2.24, 2.45) is 0 Å². The number of nitrogen functional groups attached to an aromatic ring is 1. The molecule has 4 nitrogen and oxygen atoms in total. The highest BCUT2D eigenvalue weighted by molar-refractivity contribution is 6.00. The van der Waals surface area contributed by atoms with Crippen LogP contribution < -0.4 is 10.6 Å². The summed E-state index contributed by atoms with van der Waals surface area (Å²) in [6.45, 7) is 4.73. The molecule has 1 aliphatic rings. The third-order valence-electron chi connectivity index (χ3n) is 3.23. The average molecular weight is 234 g/mol. The highest BCUT2D eigenvalue weighted by Gasteiger charge is 2.31. The maximum Gasteiger partial charge on any atom is 0.161 e. The van der Waals surface area contributed by atoms with Crippen LogP contribution in [0, 0.1) is 0 Å². The number of carbonyl (C=O) groups excluding carboxylic acids is 1. The molecule has 0 spiro atoms. The van der Waals surface area contributed by atoms with Crippen molar-refractivity contribution >= 4 is 17.2 Å². The maximum atomic E-state index is 11.4. The lowest BCUT2D eigenvalue weighted by atomic mass is 10.1. The first-order chi connectivity index (χ1) is 7.89. The van der Waals surface area contributed by atoms with Gasteiger partial charge in [0, 0.05) is 30.0 Å². The predicted molar refractivity (Wildman–Crippen MR) is 68.3 cm³/mol. The van der Waals surface area contributed by atoms with Gasteiger partial charge in [0.1, 0.15) is 0 Å². The Morgan fingerprint density at radius 2 is 2.24 bits per heavy atom. The third-order valence-corrected chi connectivity index (χ3v) is 3.23. The van der Waals surface area contributed by atoms with Crippen LogP contribution in [0.5, 0.6) is 0 Å². The number of nitrogens with zero attached hydrogens (tertiary/aromatic N) is 1. The number of hydrogen-bond acceptors (Lipinski definition) is 4. The summed E-state index contributed by atoms with van der Waals surface area (Å²) in [6.07, 6.45) is 0.743. The van der Waals surface area contributed by atoms with Crippen LogP contribution in [0.15, 0.2) is 18.2 Å². The van der Waals surface area contributed by atoms with Gasteiger partial charge in [0.25, 0.3) is 0 Å². The summed E-state index contributed by atoms with van der Waals surface area (Å²) in [4.78, 5) is 13.5. The Labute approximate surface area is 101 Å². The van der Waals surface area contributed by atoms with Crippen LogP contribution in [0.4, 0.5) is 11.4 Å². The number of anilines is 2. The van der Waals surface area contributed by atoms with Gasteiger partial charge in [0.15, 0.2) is 5.78 Å². The van der Waals surface area contributed by atoms with E-state index >= 15 is 0 Å². The van der Waals surface area contributed by atoms with Crippen molar-refractivity contribution in [2.75, 3.05) is 23.7 Å². The number of rotatable bonds is 2. The van der Waals surface area contributed by atoms with Crippen molar-refractivity contribution < 1.29 is 9.90 Å². The van der Waals surface area contributed by atoms with Gasteiger partial charge >= 0.3 is 0 Å². The van der Waals surface area contributed by atoms with E-state index in [9.17, 15) is 9.90 Å². The Kier molecular flexibility index (Phi) is 2.83. The van der Waals surface area contributed by atoms with Crippen LogP contribution in [-0.4, -0.2) is 29.6 Å². The van der Waals surface area contributed by atoms with E-state index in [1.54, 1.807) is 12.1 Å². The zero-order valence-electron chi connectivity index (χ0n) is 10.2. The predicted octanol–water partition coefficient (Wildman–Crippen LogP) is 1.43. The third kappa shape index (κ3) is 2.42. The molecule has 4 heteroatoms. The van der Waals surface area contributed by atoms with E-state index in [-0.39, 0.29) is 5.78 Å². The fraction of sp³-hybridized carbons (Fsp3) is 0.462. The summed E-state index contributed by atoms with van der Waals surface area (Å²) < 4.78 is 0. The van der Waals surface area contributed by atoms with Crippen molar-refractivity contribution in [3.63, 3.8) is 0 Å². The number of hydrogen-bond donors (Lipinski definition) is 2. The van der Waals surface area contributed by atoms with Gasteiger partial charge in [-0.15, -0.1) is 0 Å². The molecule has 0 saturated carbocycles. The first-order valence-electron chi connectivity index (χ1n) is 5.77. The van der Waals surface area contributed by atoms with Gasteiger partial charge in [-0.1, -0.05) is 0 Å². The second-order valence-corrected chi connectivity index (χ2v) is 5.00. The van der Waals surface area contributed by atoms with Crippen LogP contribution >= 0.6 is 0 Å². The van der Waals surface area contributed by atoms with Gasteiger partial charge < -0.3 is 15.7 Å². The zero-order valence-corrected chi connectivity index (χ0v) is 10.2. The summed E-state index contributed by atoms with van der Waals surface area (Å²) in [5.74, 6) is -0.0321. The molecule has 92 valence electrons. The van der Waals surface area contributed by atoms with Gasteiger partial charge in [0.05, 0.1) is 5.60 Å². The fourth-order valence-electron chi connectivity index (χ4n) is 2.21. The largest absolute Gasteiger partial charge is 0.398 e. The molecular formula is C13H18N2O2. The SMILES string of the molecule is CC(=O)c1cc(N2CCC(C)(O)C2)ccc1N. The summed E-state index contributed by atoms with van der Waals surface area (Å²) in [5.41, 5.74) is 7.12. The smallest absolute Gasteiger partial charge is 0.161 e. The Hall–Kier alpha value is -1.55. The van der Waals surface area contributed by atoms with E-state index < -0.39 is 5.60 Å². The first-order valence-corrected chi connectivity index (χ1v) is 5.77. The van der Waals surface area contributed by atoms with Crippen LogP contribution in [-0.2, 0) is 0 Å². The molecule has 1 heterocycles. The van der Waals surface area contributed by atoms with Crippen LogP contribution in [0.3, 0.4) is 0 Å². The highest BCUT2D eigenvalue weighted by Crippen LogP contribution is 2.28. The average Bonchev–Trinajstić information content (AvgIpc) is 2.59. The van der Waals surface area contributed by atoms with Gasteiger partial charge in [-0.3, -0.25) is 4.79 Å². The number of ketones is 1. The van der Waals surface area contributed by atoms with Crippen LogP contribution in [0.2, 0.25) is 0 Å². The number of nitrogens with two attached hydrogens (primary N) is 1. The maximum absolute atomic E-state index is 11.4. The lowest BCUT2D eigenvalue weighted by molar-refractivity contribution is 0.0839. The summed E-state index contributed by atoms with van der Waals surface area (Å²) in [7, 11) is 0. The minimum absolute atomic E-state index is 0.0321.